The number of esters is 1. The summed E-state index contributed by atoms with van der Waals surface area (Å²) in [5, 5.41) is 18.2. The zero-order valence-electron chi connectivity index (χ0n) is 25.0. The average Bonchev–Trinajstić information content (AvgIpc) is 3.36. The second-order valence-electron chi connectivity index (χ2n) is 11.8. The Kier molecular flexibility index (Phi) is 8.84. The molecule has 3 aromatic rings. The van der Waals surface area contributed by atoms with Crippen molar-refractivity contribution in [3.05, 3.63) is 51.9 Å². The summed E-state index contributed by atoms with van der Waals surface area (Å²) in [6.07, 6.45) is 1.67. The largest absolute Gasteiger partial charge is 0.463 e. The number of aryl methyl sites for hydroxylation is 1. The van der Waals surface area contributed by atoms with E-state index < -0.39 is 17.6 Å². The molecular formula is C31H38N6O6. The van der Waals surface area contributed by atoms with Gasteiger partial charge in [0.25, 0.3) is 11.5 Å². The highest BCUT2D eigenvalue weighted by Crippen LogP contribution is 2.37. The lowest BCUT2D eigenvalue weighted by molar-refractivity contribution is -0.166. The Balaban J connectivity index is 1.43. The Hall–Kier alpha value is -4.21. The van der Waals surface area contributed by atoms with Gasteiger partial charge in [0.1, 0.15) is 5.39 Å². The zero-order valence-corrected chi connectivity index (χ0v) is 25.0. The fraction of sp³-hybridized carbons (Fsp3) is 0.516. The SMILES string of the molecule is Cc1cc(Nc2nn(C3(CC#N)CCC(C(=O)OCC(C)C)OC3)c3cc[nH]c(=O)c23)ccc1C(=O)N1CCOCC1C. The van der Waals surface area contributed by atoms with Gasteiger partial charge >= 0.3 is 5.97 Å². The first-order valence-electron chi connectivity index (χ1n) is 14.7. The number of anilines is 2. The van der Waals surface area contributed by atoms with Crippen LogP contribution in [0.4, 0.5) is 11.5 Å². The first-order chi connectivity index (χ1) is 20.6. The van der Waals surface area contributed by atoms with Gasteiger partial charge in [-0.15, -0.1) is 0 Å². The van der Waals surface area contributed by atoms with E-state index in [0.717, 1.165) is 5.56 Å². The smallest absolute Gasteiger partial charge is 0.335 e. The van der Waals surface area contributed by atoms with Gasteiger partial charge in [0.2, 0.25) is 0 Å². The van der Waals surface area contributed by atoms with Crippen molar-refractivity contribution in [2.45, 2.75) is 64.6 Å². The van der Waals surface area contributed by atoms with Crippen LogP contribution >= 0.6 is 0 Å². The number of aromatic amines is 1. The predicted octanol–water partition coefficient (Wildman–Crippen LogP) is 3.62. The number of carbonyl (C=O) groups excluding carboxylic acids is 2. The number of ether oxygens (including phenoxy) is 3. The highest BCUT2D eigenvalue weighted by atomic mass is 16.6. The summed E-state index contributed by atoms with van der Waals surface area (Å²) in [5.74, 6) is 0.0587. The minimum atomic E-state index is -0.892. The van der Waals surface area contributed by atoms with Crippen LogP contribution in [0.3, 0.4) is 0 Å². The number of nitriles is 1. The summed E-state index contributed by atoms with van der Waals surface area (Å²) in [6.45, 7) is 9.70. The summed E-state index contributed by atoms with van der Waals surface area (Å²) in [6, 6.07) is 9.39. The summed E-state index contributed by atoms with van der Waals surface area (Å²) in [7, 11) is 0. The highest BCUT2D eigenvalue weighted by molar-refractivity contribution is 5.97. The first-order valence-corrected chi connectivity index (χ1v) is 14.7. The molecule has 0 bridgehead atoms. The van der Waals surface area contributed by atoms with Gasteiger partial charge in [0.15, 0.2) is 11.9 Å². The number of rotatable bonds is 8. The Bertz CT molecular complexity index is 1600. The molecule has 228 valence electrons. The van der Waals surface area contributed by atoms with Crippen LogP contribution in [0.25, 0.3) is 10.9 Å². The fourth-order valence-corrected chi connectivity index (χ4v) is 5.70. The van der Waals surface area contributed by atoms with E-state index >= 15 is 0 Å². The van der Waals surface area contributed by atoms with E-state index in [-0.39, 0.29) is 36.5 Å². The molecule has 2 aromatic heterocycles. The number of hydrogen-bond acceptors (Lipinski definition) is 9. The second-order valence-corrected chi connectivity index (χ2v) is 11.8. The third-order valence-electron chi connectivity index (χ3n) is 8.06. The molecule has 43 heavy (non-hydrogen) atoms. The number of H-pyrrole nitrogens is 1. The number of benzene rings is 1. The third-order valence-corrected chi connectivity index (χ3v) is 8.06. The van der Waals surface area contributed by atoms with Gasteiger partial charge in [-0.1, -0.05) is 13.8 Å². The lowest BCUT2D eigenvalue weighted by Crippen LogP contribution is -2.47. The van der Waals surface area contributed by atoms with E-state index in [1.807, 2.05) is 38.7 Å². The monoisotopic (exact) mass is 590 g/mol. The topological polar surface area (TPSA) is 152 Å². The molecule has 2 aliphatic rings. The summed E-state index contributed by atoms with van der Waals surface area (Å²) >= 11 is 0. The molecule has 2 fully saturated rings. The van der Waals surface area contributed by atoms with Crippen molar-refractivity contribution in [1.29, 1.82) is 5.26 Å². The maximum absolute atomic E-state index is 13.2. The number of nitrogens with zero attached hydrogens (tertiary/aromatic N) is 4. The van der Waals surface area contributed by atoms with Crippen LogP contribution in [-0.4, -0.2) is 76.7 Å². The number of morpholine rings is 1. The molecule has 2 saturated heterocycles. The van der Waals surface area contributed by atoms with E-state index in [1.54, 1.807) is 29.1 Å². The number of aromatic nitrogens is 3. The molecular weight excluding hydrogens is 552 g/mol. The number of fused-ring (bicyclic) bond motifs is 1. The van der Waals surface area contributed by atoms with Gasteiger partial charge in [0, 0.05) is 24.0 Å². The quantitative estimate of drug-likeness (QED) is 0.375. The van der Waals surface area contributed by atoms with Crippen LogP contribution in [0.5, 0.6) is 0 Å². The standard InChI is InChI=1S/C31H38N6O6/c1-19(2)16-42-30(40)25-7-9-31(10-11-32,18-43-25)37-24-8-12-33-28(38)26(24)27(35-37)34-22-5-6-23(20(3)15-22)29(39)36-13-14-41-17-21(36)4/h5-6,8,12,15,19,21,25H,7,9-10,13-14,16-18H2,1-4H3,(H,33,38)(H,34,35). The molecule has 0 saturated carbocycles. The summed E-state index contributed by atoms with van der Waals surface area (Å²) < 4.78 is 18.5. The van der Waals surface area contributed by atoms with Crippen molar-refractivity contribution in [3.8, 4) is 6.07 Å². The third kappa shape index (κ3) is 6.14. The Morgan fingerprint density at radius 1 is 1.33 bits per heavy atom. The van der Waals surface area contributed by atoms with E-state index in [9.17, 15) is 19.6 Å². The highest BCUT2D eigenvalue weighted by Gasteiger charge is 2.42. The van der Waals surface area contributed by atoms with Crippen LogP contribution in [0.2, 0.25) is 0 Å². The molecule has 5 rings (SSSR count). The molecule has 12 heteroatoms. The van der Waals surface area contributed by atoms with E-state index in [0.29, 0.717) is 67.2 Å². The van der Waals surface area contributed by atoms with Crippen molar-refractivity contribution in [2.24, 2.45) is 5.92 Å². The van der Waals surface area contributed by atoms with Crippen LogP contribution in [0, 0.1) is 24.2 Å². The molecule has 0 aliphatic carbocycles. The van der Waals surface area contributed by atoms with Crippen molar-refractivity contribution in [2.75, 3.05) is 38.3 Å². The van der Waals surface area contributed by atoms with Gasteiger partial charge in [0.05, 0.1) is 56.0 Å². The van der Waals surface area contributed by atoms with Gasteiger partial charge in [-0.05, 0) is 62.4 Å². The number of pyridine rings is 1. The summed E-state index contributed by atoms with van der Waals surface area (Å²) in [4.78, 5) is 43.4. The maximum Gasteiger partial charge on any atom is 0.335 e. The minimum Gasteiger partial charge on any atom is -0.463 e. The lowest BCUT2D eigenvalue weighted by Gasteiger charge is -2.38. The molecule has 0 spiro atoms. The normalized spacial score (nSPS) is 22.4. The Labute approximate surface area is 249 Å². The Morgan fingerprint density at radius 2 is 2.14 bits per heavy atom. The fourth-order valence-electron chi connectivity index (χ4n) is 5.70. The lowest BCUT2D eigenvalue weighted by atomic mass is 9.87. The van der Waals surface area contributed by atoms with Crippen LogP contribution in [0.1, 0.15) is 56.0 Å². The molecule has 3 unspecified atom stereocenters. The number of amides is 1. The van der Waals surface area contributed by atoms with E-state index in [2.05, 4.69) is 16.4 Å². The van der Waals surface area contributed by atoms with Crippen molar-refractivity contribution < 1.29 is 23.8 Å². The molecule has 3 atom stereocenters. The predicted molar refractivity (Wildman–Crippen MR) is 159 cm³/mol. The molecule has 1 amide bonds. The second kappa shape index (κ2) is 12.6. The van der Waals surface area contributed by atoms with E-state index in [4.69, 9.17) is 19.3 Å². The zero-order chi connectivity index (χ0) is 30.7. The number of hydrogen-bond donors (Lipinski definition) is 2. The van der Waals surface area contributed by atoms with Gasteiger partial charge in [-0.2, -0.15) is 10.4 Å². The van der Waals surface area contributed by atoms with Gasteiger partial charge < -0.3 is 29.4 Å². The minimum absolute atomic E-state index is 0.00836. The van der Waals surface area contributed by atoms with Gasteiger partial charge in [-0.3, -0.25) is 14.3 Å². The molecule has 0 radical (unpaired) electrons. The van der Waals surface area contributed by atoms with Crippen LogP contribution in [-0.2, 0) is 24.5 Å². The van der Waals surface area contributed by atoms with Crippen molar-refractivity contribution >= 4 is 34.3 Å². The summed E-state index contributed by atoms with van der Waals surface area (Å²) in [5.41, 5.74) is 1.34. The molecule has 12 nitrogen and oxygen atoms in total. The van der Waals surface area contributed by atoms with Crippen LogP contribution in [0.15, 0.2) is 35.3 Å². The van der Waals surface area contributed by atoms with E-state index in [1.165, 1.54) is 0 Å². The Morgan fingerprint density at radius 3 is 2.81 bits per heavy atom. The van der Waals surface area contributed by atoms with Crippen LogP contribution < -0.4 is 10.9 Å². The van der Waals surface area contributed by atoms with Gasteiger partial charge in [-0.25, -0.2) is 4.79 Å². The number of carbonyl (C=O) groups is 2. The number of nitrogens with one attached hydrogen (secondary N) is 2. The molecule has 1 aromatic carbocycles. The maximum atomic E-state index is 13.2. The van der Waals surface area contributed by atoms with Crippen molar-refractivity contribution in [3.63, 3.8) is 0 Å². The molecule has 2 N–H and O–H groups in total. The van der Waals surface area contributed by atoms with Crippen molar-refractivity contribution in [1.82, 2.24) is 19.7 Å². The average molecular weight is 591 g/mol. The molecule has 4 heterocycles. The first kappa shape index (κ1) is 30.3. The molecule has 2 aliphatic heterocycles.